The van der Waals surface area contributed by atoms with Crippen molar-refractivity contribution in [3.63, 3.8) is 0 Å². The minimum absolute atomic E-state index is 0.0859. The summed E-state index contributed by atoms with van der Waals surface area (Å²) in [5.41, 5.74) is 9.28. The molecule has 1 aromatic heterocycles. The number of primary amides is 1. The Labute approximate surface area is 155 Å². The second-order valence-corrected chi connectivity index (χ2v) is 6.12. The summed E-state index contributed by atoms with van der Waals surface area (Å²) >= 11 is 0. The van der Waals surface area contributed by atoms with Crippen LogP contribution in [0.15, 0.2) is 18.6 Å². The molecule has 1 aliphatic rings. The molecule has 4 amide bonds. The molecule has 1 fully saturated rings. The number of nitrogens with two attached hydrogens (primary N) is 1. The zero-order chi connectivity index (χ0) is 19.6. The van der Waals surface area contributed by atoms with E-state index >= 15 is 0 Å². The lowest BCUT2D eigenvalue weighted by Gasteiger charge is -2.29. The summed E-state index contributed by atoms with van der Waals surface area (Å²) in [7, 11) is 0. The molecule has 0 spiro atoms. The van der Waals surface area contributed by atoms with E-state index in [1.54, 1.807) is 0 Å². The molecular formula is C16H22N6O5. The number of aromatic nitrogens is 2. The molecule has 1 heterocycles. The number of carbonyl (C=O) groups excluding carboxylic acids is 4. The van der Waals surface area contributed by atoms with Gasteiger partial charge in [-0.1, -0.05) is 19.3 Å². The van der Waals surface area contributed by atoms with Crippen molar-refractivity contribution in [2.24, 2.45) is 11.7 Å². The Kier molecular flexibility index (Phi) is 7.47. The van der Waals surface area contributed by atoms with Gasteiger partial charge in [0.25, 0.3) is 11.8 Å². The molecule has 0 aromatic carbocycles. The molecule has 1 aromatic rings. The van der Waals surface area contributed by atoms with Gasteiger partial charge in [0, 0.05) is 12.4 Å². The average Bonchev–Trinajstić information content (AvgIpc) is 2.61. The van der Waals surface area contributed by atoms with E-state index in [9.17, 15) is 19.2 Å². The van der Waals surface area contributed by atoms with Crippen LogP contribution < -0.4 is 21.9 Å². The first-order valence-electron chi connectivity index (χ1n) is 8.53. The molecule has 1 unspecified atom stereocenters. The van der Waals surface area contributed by atoms with Gasteiger partial charge >= 0.3 is 6.09 Å². The summed E-state index contributed by atoms with van der Waals surface area (Å²) in [5, 5.41) is 2.61. The van der Waals surface area contributed by atoms with E-state index in [1.807, 2.05) is 0 Å². The fourth-order valence-corrected chi connectivity index (χ4v) is 2.42. The first-order valence-corrected chi connectivity index (χ1v) is 8.53. The molecule has 146 valence electrons. The van der Waals surface area contributed by atoms with Crippen molar-refractivity contribution in [2.75, 3.05) is 6.61 Å². The van der Waals surface area contributed by atoms with Crippen molar-refractivity contribution >= 4 is 23.8 Å². The summed E-state index contributed by atoms with van der Waals surface area (Å²) < 4.78 is 4.68. The van der Waals surface area contributed by atoms with E-state index < -0.39 is 29.9 Å². The fraction of sp³-hybridized carbons (Fsp3) is 0.500. The number of carbonyl (C=O) groups is 4. The van der Waals surface area contributed by atoms with Gasteiger partial charge in [0.15, 0.2) is 0 Å². The van der Waals surface area contributed by atoms with Crippen LogP contribution in [0.2, 0.25) is 0 Å². The summed E-state index contributed by atoms with van der Waals surface area (Å²) in [4.78, 5) is 54.4. The van der Waals surface area contributed by atoms with Crippen molar-refractivity contribution in [3.05, 3.63) is 24.3 Å². The maximum atomic E-state index is 12.4. The fourth-order valence-electron chi connectivity index (χ4n) is 2.42. The minimum atomic E-state index is -0.938. The molecule has 11 heteroatoms. The molecule has 1 saturated carbocycles. The maximum absolute atomic E-state index is 12.4. The summed E-state index contributed by atoms with van der Waals surface area (Å²) in [6.45, 7) is -0.202. The Hall–Kier alpha value is -3.24. The van der Waals surface area contributed by atoms with Gasteiger partial charge in [-0.05, 0) is 12.3 Å². The zero-order valence-electron chi connectivity index (χ0n) is 14.6. The van der Waals surface area contributed by atoms with Gasteiger partial charge in [0.1, 0.15) is 18.3 Å². The van der Waals surface area contributed by atoms with Crippen molar-refractivity contribution in [1.29, 1.82) is 0 Å². The third-order valence-electron chi connectivity index (χ3n) is 4.08. The second-order valence-electron chi connectivity index (χ2n) is 6.12. The van der Waals surface area contributed by atoms with Gasteiger partial charge in [-0.2, -0.15) is 0 Å². The van der Waals surface area contributed by atoms with Gasteiger partial charge in [-0.25, -0.2) is 15.2 Å². The molecule has 0 saturated heterocycles. The predicted octanol–water partition coefficient (Wildman–Crippen LogP) is -0.602. The molecule has 1 atom stereocenters. The summed E-state index contributed by atoms with van der Waals surface area (Å²) in [6.07, 6.45) is 6.52. The SMILES string of the molecule is NC(=O)CCOC(=O)NNC(=O)C(CC1CCC1)NC(=O)c1cnccn1. The molecule has 2 rings (SSSR count). The maximum Gasteiger partial charge on any atom is 0.426 e. The lowest BCUT2D eigenvalue weighted by molar-refractivity contribution is -0.124. The molecule has 0 radical (unpaired) electrons. The molecule has 5 N–H and O–H groups in total. The lowest BCUT2D eigenvalue weighted by Crippen LogP contribution is -2.53. The highest BCUT2D eigenvalue weighted by Gasteiger charge is 2.28. The molecule has 27 heavy (non-hydrogen) atoms. The first kappa shape index (κ1) is 20.1. The van der Waals surface area contributed by atoms with E-state index in [4.69, 9.17) is 5.73 Å². The van der Waals surface area contributed by atoms with Crippen LogP contribution in [-0.4, -0.2) is 46.4 Å². The van der Waals surface area contributed by atoms with Gasteiger partial charge in [-0.15, -0.1) is 0 Å². The van der Waals surface area contributed by atoms with Crippen LogP contribution in [0.5, 0.6) is 0 Å². The van der Waals surface area contributed by atoms with E-state index in [1.165, 1.54) is 18.6 Å². The van der Waals surface area contributed by atoms with Crippen LogP contribution >= 0.6 is 0 Å². The number of amides is 4. The third-order valence-corrected chi connectivity index (χ3v) is 4.08. The smallest absolute Gasteiger partial charge is 0.426 e. The Morgan fingerprint density at radius 3 is 2.59 bits per heavy atom. The summed E-state index contributed by atoms with van der Waals surface area (Å²) in [5.74, 6) is -1.41. The largest absolute Gasteiger partial charge is 0.448 e. The molecule has 0 aliphatic heterocycles. The number of nitrogens with one attached hydrogen (secondary N) is 3. The van der Waals surface area contributed by atoms with Crippen LogP contribution in [-0.2, 0) is 14.3 Å². The van der Waals surface area contributed by atoms with Crippen molar-refractivity contribution in [2.45, 2.75) is 38.1 Å². The molecule has 0 bridgehead atoms. The van der Waals surface area contributed by atoms with E-state index in [0.717, 1.165) is 19.3 Å². The average molecular weight is 378 g/mol. The van der Waals surface area contributed by atoms with Gasteiger partial charge < -0.3 is 15.8 Å². The second kappa shape index (κ2) is 10.0. The quantitative estimate of drug-likeness (QED) is 0.438. The standard InChI is InChI=1S/C16H22N6O5/c17-13(23)4-7-27-16(26)22-21-15(25)11(8-10-2-1-3-10)20-14(24)12-9-18-5-6-19-12/h5-6,9-11H,1-4,7-8H2,(H2,17,23)(H,20,24)(H,21,25)(H,22,26). The van der Waals surface area contributed by atoms with E-state index in [0.29, 0.717) is 12.3 Å². The number of nitrogens with zero attached hydrogens (tertiary/aromatic N) is 2. The zero-order valence-corrected chi connectivity index (χ0v) is 14.6. The van der Waals surface area contributed by atoms with Crippen molar-refractivity contribution in [3.8, 4) is 0 Å². The van der Waals surface area contributed by atoms with E-state index in [-0.39, 0.29) is 18.7 Å². The van der Waals surface area contributed by atoms with Gasteiger partial charge in [-0.3, -0.25) is 24.8 Å². The monoisotopic (exact) mass is 378 g/mol. The Morgan fingerprint density at radius 2 is 2.00 bits per heavy atom. The highest BCUT2D eigenvalue weighted by molar-refractivity contribution is 5.96. The topological polar surface area (TPSA) is 165 Å². The van der Waals surface area contributed by atoms with Crippen LogP contribution in [0, 0.1) is 5.92 Å². The molecule has 1 aliphatic carbocycles. The van der Waals surface area contributed by atoms with E-state index in [2.05, 4.69) is 30.9 Å². The Bertz CT molecular complexity index is 679. The van der Waals surface area contributed by atoms with Crippen molar-refractivity contribution in [1.82, 2.24) is 26.1 Å². The Balaban J connectivity index is 1.86. The lowest BCUT2D eigenvalue weighted by atomic mass is 9.80. The minimum Gasteiger partial charge on any atom is -0.448 e. The third kappa shape index (κ3) is 6.88. The number of ether oxygens (including phenoxy) is 1. The number of rotatable bonds is 8. The first-order chi connectivity index (χ1) is 13.0. The Morgan fingerprint density at radius 1 is 1.22 bits per heavy atom. The predicted molar refractivity (Wildman–Crippen MR) is 91.7 cm³/mol. The number of hydrogen-bond donors (Lipinski definition) is 4. The number of hydrazine groups is 1. The highest BCUT2D eigenvalue weighted by atomic mass is 16.6. The van der Waals surface area contributed by atoms with Crippen LogP contribution in [0.25, 0.3) is 0 Å². The van der Waals surface area contributed by atoms with Gasteiger partial charge in [0.2, 0.25) is 5.91 Å². The van der Waals surface area contributed by atoms with Crippen molar-refractivity contribution < 1.29 is 23.9 Å². The number of hydrogen-bond acceptors (Lipinski definition) is 7. The summed E-state index contributed by atoms with van der Waals surface area (Å²) in [6, 6.07) is -0.851. The van der Waals surface area contributed by atoms with Crippen LogP contribution in [0.1, 0.15) is 42.6 Å². The molecule has 11 nitrogen and oxygen atoms in total. The van der Waals surface area contributed by atoms with Gasteiger partial charge in [0.05, 0.1) is 12.6 Å². The normalized spacial score (nSPS) is 14.4. The van der Waals surface area contributed by atoms with Crippen LogP contribution in [0.3, 0.4) is 0 Å². The highest BCUT2D eigenvalue weighted by Crippen LogP contribution is 2.30. The molecular weight excluding hydrogens is 356 g/mol. The van der Waals surface area contributed by atoms with Crippen LogP contribution in [0.4, 0.5) is 4.79 Å².